The number of carbonyl (C=O) groups excluding carboxylic acids is 1. The molecule has 0 radical (unpaired) electrons. The lowest BCUT2D eigenvalue weighted by Gasteiger charge is -2.51. The molecule has 1 N–H and O–H groups in total. The van der Waals surface area contributed by atoms with Crippen LogP contribution in [-0.2, 0) is 0 Å². The van der Waals surface area contributed by atoms with Crippen LogP contribution in [0.15, 0.2) is 24.3 Å². The third-order valence-corrected chi connectivity index (χ3v) is 7.70. The van der Waals surface area contributed by atoms with E-state index in [-0.39, 0.29) is 5.91 Å². The van der Waals surface area contributed by atoms with Crippen LogP contribution >= 0.6 is 11.8 Å². The average molecular weight is 403 g/mol. The normalized spacial score (nSPS) is 30.2. The second kappa shape index (κ2) is 9.06. The number of hydrogen-bond acceptors (Lipinski definition) is 5. The standard InChI is InChI=1S/C22H34N4OS/c1-24(2)20-5-3-17(4-6-20)22(27)23-14-21-13-18-7-8-26(21)16-19(18)15-25-9-11-28-12-10-25/h3-6,18-19,21H,7-16H2,1-2H3,(H,23,27). The molecule has 4 fully saturated rings. The highest BCUT2D eigenvalue weighted by molar-refractivity contribution is 7.99. The Morgan fingerprint density at radius 2 is 1.93 bits per heavy atom. The van der Waals surface area contributed by atoms with Crippen LogP contribution in [0.1, 0.15) is 23.2 Å². The molecule has 0 saturated carbocycles. The highest BCUT2D eigenvalue weighted by atomic mass is 32.2. The number of rotatable bonds is 6. The van der Waals surface area contributed by atoms with E-state index in [2.05, 4.69) is 26.9 Å². The molecular weight excluding hydrogens is 368 g/mol. The number of hydrogen-bond donors (Lipinski definition) is 1. The number of fused-ring (bicyclic) bond motifs is 3. The van der Waals surface area contributed by atoms with Crippen LogP contribution in [-0.4, -0.2) is 86.6 Å². The SMILES string of the molecule is CN(C)c1ccc(C(=O)NCC2CC3CCN2CC3CN2CCSCC2)cc1. The molecule has 4 heterocycles. The first-order valence-electron chi connectivity index (χ1n) is 10.7. The molecule has 5 rings (SSSR count). The van der Waals surface area contributed by atoms with Crippen molar-refractivity contribution in [3.63, 3.8) is 0 Å². The molecule has 0 spiro atoms. The first-order chi connectivity index (χ1) is 13.6. The zero-order valence-electron chi connectivity index (χ0n) is 17.3. The van der Waals surface area contributed by atoms with E-state index in [1.165, 1.54) is 57.1 Å². The monoisotopic (exact) mass is 402 g/mol. The molecule has 4 aliphatic heterocycles. The third-order valence-electron chi connectivity index (χ3n) is 6.75. The van der Waals surface area contributed by atoms with Crippen LogP contribution in [0, 0.1) is 11.8 Å². The van der Waals surface area contributed by atoms with Gasteiger partial charge in [0.05, 0.1) is 0 Å². The molecule has 4 atom stereocenters. The molecule has 5 nitrogen and oxygen atoms in total. The summed E-state index contributed by atoms with van der Waals surface area (Å²) >= 11 is 2.09. The lowest BCUT2D eigenvalue weighted by Crippen LogP contribution is -2.58. The Bertz CT molecular complexity index is 659. The maximum Gasteiger partial charge on any atom is 0.251 e. The molecule has 1 aromatic carbocycles. The summed E-state index contributed by atoms with van der Waals surface area (Å²) in [6.45, 7) is 7.00. The van der Waals surface area contributed by atoms with Crippen LogP contribution in [0.2, 0.25) is 0 Å². The minimum Gasteiger partial charge on any atom is -0.378 e. The summed E-state index contributed by atoms with van der Waals surface area (Å²) < 4.78 is 0. The number of thioether (sulfide) groups is 1. The minimum atomic E-state index is 0.0512. The molecule has 4 aliphatic rings. The largest absolute Gasteiger partial charge is 0.378 e. The summed E-state index contributed by atoms with van der Waals surface area (Å²) in [5.74, 6) is 4.30. The van der Waals surface area contributed by atoms with Gasteiger partial charge in [0.15, 0.2) is 0 Å². The van der Waals surface area contributed by atoms with Crippen LogP contribution in [0.5, 0.6) is 0 Å². The molecule has 0 aliphatic carbocycles. The number of nitrogens with zero attached hydrogens (tertiary/aromatic N) is 3. The quantitative estimate of drug-likeness (QED) is 0.790. The van der Waals surface area contributed by atoms with Crippen LogP contribution in [0.4, 0.5) is 5.69 Å². The number of anilines is 1. The number of benzene rings is 1. The molecular formula is C22H34N4OS. The highest BCUT2D eigenvalue weighted by Gasteiger charge is 2.40. The summed E-state index contributed by atoms with van der Waals surface area (Å²) in [4.78, 5) is 19.9. The van der Waals surface area contributed by atoms with Crippen LogP contribution in [0.3, 0.4) is 0 Å². The fraction of sp³-hybridized carbons (Fsp3) is 0.682. The first-order valence-corrected chi connectivity index (χ1v) is 11.9. The lowest BCUT2D eigenvalue weighted by molar-refractivity contribution is -0.0104. The molecule has 2 bridgehead atoms. The summed E-state index contributed by atoms with van der Waals surface area (Å²) in [5, 5.41) is 3.19. The zero-order valence-corrected chi connectivity index (χ0v) is 18.1. The van der Waals surface area contributed by atoms with Crippen molar-refractivity contribution in [3.8, 4) is 0 Å². The minimum absolute atomic E-state index is 0.0512. The van der Waals surface area contributed by atoms with Crippen molar-refractivity contribution in [2.45, 2.75) is 18.9 Å². The van der Waals surface area contributed by atoms with E-state index in [0.717, 1.165) is 29.6 Å². The molecule has 1 amide bonds. The van der Waals surface area contributed by atoms with Gasteiger partial charge >= 0.3 is 0 Å². The van der Waals surface area contributed by atoms with Crippen molar-refractivity contribution in [2.75, 3.05) is 69.8 Å². The number of piperidine rings is 3. The van der Waals surface area contributed by atoms with Gasteiger partial charge in [0.2, 0.25) is 0 Å². The lowest BCUT2D eigenvalue weighted by atomic mass is 9.75. The summed E-state index contributed by atoms with van der Waals surface area (Å²) in [6.07, 6.45) is 2.58. The van der Waals surface area contributed by atoms with E-state index in [1.54, 1.807) is 0 Å². The van der Waals surface area contributed by atoms with Crippen molar-refractivity contribution < 1.29 is 4.79 Å². The van der Waals surface area contributed by atoms with Gasteiger partial charge in [0.25, 0.3) is 5.91 Å². The first kappa shape index (κ1) is 20.0. The van der Waals surface area contributed by atoms with E-state index in [0.29, 0.717) is 6.04 Å². The van der Waals surface area contributed by atoms with Gasteiger partial charge in [-0.05, 0) is 55.5 Å². The highest BCUT2D eigenvalue weighted by Crippen LogP contribution is 2.36. The fourth-order valence-corrected chi connectivity index (χ4v) is 5.99. The average Bonchev–Trinajstić information content (AvgIpc) is 2.73. The molecule has 4 unspecified atom stereocenters. The summed E-state index contributed by atoms with van der Waals surface area (Å²) in [7, 11) is 4.03. The maximum atomic E-state index is 12.5. The third kappa shape index (κ3) is 4.66. The second-order valence-electron chi connectivity index (χ2n) is 8.76. The number of carbonyl (C=O) groups is 1. The Morgan fingerprint density at radius 1 is 1.18 bits per heavy atom. The van der Waals surface area contributed by atoms with Gasteiger partial charge in [0, 0.05) is 75.6 Å². The zero-order chi connectivity index (χ0) is 19.5. The number of nitrogens with one attached hydrogen (secondary N) is 1. The van der Waals surface area contributed by atoms with Gasteiger partial charge in [0.1, 0.15) is 0 Å². The molecule has 154 valence electrons. The van der Waals surface area contributed by atoms with Gasteiger partial charge in [-0.3, -0.25) is 9.69 Å². The van der Waals surface area contributed by atoms with Crippen LogP contribution in [0.25, 0.3) is 0 Å². The van der Waals surface area contributed by atoms with Gasteiger partial charge in [-0.25, -0.2) is 0 Å². The second-order valence-corrected chi connectivity index (χ2v) is 9.98. The van der Waals surface area contributed by atoms with E-state index >= 15 is 0 Å². The van der Waals surface area contributed by atoms with Gasteiger partial charge in [-0.15, -0.1) is 0 Å². The summed E-state index contributed by atoms with van der Waals surface area (Å²) in [5.41, 5.74) is 1.87. The van der Waals surface area contributed by atoms with Crippen molar-refractivity contribution in [1.82, 2.24) is 15.1 Å². The predicted molar refractivity (Wildman–Crippen MR) is 118 cm³/mol. The van der Waals surface area contributed by atoms with Gasteiger partial charge in [-0.1, -0.05) is 0 Å². The van der Waals surface area contributed by atoms with E-state index < -0.39 is 0 Å². The fourth-order valence-electron chi connectivity index (χ4n) is 5.01. The molecule has 0 aromatic heterocycles. The maximum absolute atomic E-state index is 12.5. The Kier molecular flexibility index (Phi) is 6.48. The van der Waals surface area contributed by atoms with Crippen molar-refractivity contribution in [1.29, 1.82) is 0 Å². The molecule has 6 heteroatoms. The van der Waals surface area contributed by atoms with E-state index in [1.807, 2.05) is 43.3 Å². The van der Waals surface area contributed by atoms with Crippen molar-refractivity contribution in [3.05, 3.63) is 29.8 Å². The van der Waals surface area contributed by atoms with E-state index in [9.17, 15) is 4.79 Å². The Hall–Kier alpha value is -1.24. The Morgan fingerprint density at radius 3 is 2.57 bits per heavy atom. The van der Waals surface area contributed by atoms with Crippen molar-refractivity contribution >= 4 is 23.4 Å². The number of amides is 1. The molecule has 4 saturated heterocycles. The van der Waals surface area contributed by atoms with Gasteiger partial charge < -0.3 is 15.1 Å². The Balaban J connectivity index is 1.26. The van der Waals surface area contributed by atoms with Crippen LogP contribution < -0.4 is 10.2 Å². The van der Waals surface area contributed by atoms with Crippen molar-refractivity contribution in [2.24, 2.45) is 11.8 Å². The molecule has 28 heavy (non-hydrogen) atoms. The summed E-state index contributed by atoms with van der Waals surface area (Å²) in [6, 6.07) is 8.36. The Labute approximate surface area is 173 Å². The topological polar surface area (TPSA) is 38.8 Å². The predicted octanol–water partition coefficient (Wildman–Crippen LogP) is 2.24. The van der Waals surface area contributed by atoms with E-state index in [4.69, 9.17) is 0 Å². The van der Waals surface area contributed by atoms with Gasteiger partial charge in [-0.2, -0.15) is 11.8 Å². The molecule has 1 aromatic rings. The smallest absolute Gasteiger partial charge is 0.251 e.